The summed E-state index contributed by atoms with van der Waals surface area (Å²) in [6.07, 6.45) is 0. The summed E-state index contributed by atoms with van der Waals surface area (Å²) in [6, 6.07) is 13.4. The molecule has 2 aromatic carbocycles. The third kappa shape index (κ3) is 5.94. The molecule has 6 heteroatoms. The number of ether oxygens (including phenoxy) is 2. The molecule has 0 amide bonds. The molecular weight excluding hydrogens is 354 g/mol. The molecule has 0 atom stereocenters. The number of carbonyl (C=O) groups excluding carboxylic acids is 1. The number of aryl methyl sites for hydroxylation is 1. The highest BCUT2D eigenvalue weighted by atomic mass is 16.5. The first kappa shape index (κ1) is 21.2. The molecule has 0 aliphatic heterocycles. The Hall–Kier alpha value is -3.15. The van der Waals surface area contributed by atoms with E-state index < -0.39 is 0 Å². The zero-order valence-corrected chi connectivity index (χ0v) is 16.9. The van der Waals surface area contributed by atoms with E-state index in [1.165, 1.54) is 0 Å². The number of nitrogens with zero attached hydrogens (tertiary/aromatic N) is 3. The highest BCUT2D eigenvalue weighted by Gasteiger charge is 2.09. The van der Waals surface area contributed by atoms with E-state index in [0.717, 1.165) is 34.9 Å². The van der Waals surface area contributed by atoms with Crippen LogP contribution < -0.4 is 9.64 Å². The van der Waals surface area contributed by atoms with Gasteiger partial charge in [0.05, 0.1) is 25.0 Å². The van der Waals surface area contributed by atoms with Crippen molar-refractivity contribution >= 4 is 23.0 Å². The fourth-order valence-corrected chi connectivity index (χ4v) is 2.55. The molecule has 0 aliphatic rings. The molecule has 2 rings (SSSR count). The first-order chi connectivity index (χ1) is 13.4. The molecule has 0 saturated heterocycles. The van der Waals surface area contributed by atoms with Gasteiger partial charge in [-0.2, -0.15) is 10.2 Å². The second-order valence-electron chi connectivity index (χ2n) is 6.36. The van der Waals surface area contributed by atoms with E-state index in [0.29, 0.717) is 18.7 Å². The van der Waals surface area contributed by atoms with Gasteiger partial charge < -0.3 is 14.4 Å². The second-order valence-corrected chi connectivity index (χ2v) is 6.36. The van der Waals surface area contributed by atoms with Crippen LogP contribution in [0.5, 0.6) is 5.75 Å². The molecule has 28 heavy (non-hydrogen) atoms. The van der Waals surface area contributed by atoms with Crippen molar-refractivity contribution in [2.24, 2.45) is 10.2 Å². The van der Waals surface area contributed by atoms with E-state index in [1.807, 2.05) is 43.3 Å². The van der Waals surface area contributed by atoms with Gasteiger partial charge in [0.15, 0.2) is 0 Å². The molecule has 0 N–H and O–H groups in total. The summed E-state index contributed by atoms with van der Waals surface area (Å²) in [7, 11) is 1.63. The van der Waals surface area contributed by atoms with Crippen molar-refractivity contribution < 1.29 is 14.3 Å². The number of methoxy groups -OCH3 is 1. The normalized spacial score (nSPS) is 10.7. The number of benzene rings is 2. The van der Waals surface area contributed by atoms with Crippen LogP contribution >= 0.6 is 0 Å². The molecule has 148 valence electrons. The van der Waals surface area contributed by atoms with Crippen LogP contribution in [0.2, 0.25) is 0 Å². The van der Waals surface area contributed by atoms with Gasteiger partial charge in [0, 0.05) is 17.8 Å². The molecular formula is C22H27N3O3. The maximum absolute atomic E-state index is 11.5. The highest BCUT2D eigenvalue weighted by Crippen LogP contribution is 2.27. The average molecular weight is 381 g/mol. The van der Waals surface area contributed by atoms with Gasteiger partial charge in [-0.15, -0.1) is 0 Å². The predicted molar refractivity (Wildman–Crippen MR) is 112 cm³/mol. The second kappa shape index (κ2) is 10.3. The molecule has 0 fully saturated rings. The van der Waals surface area contributed by atoms with Crippen molar-refractivity contribution in [2.75, 3.05) is 31.7 Å². The molecule has 0 radical (unpaired) electrons. The lowest BCUT2D eigenvalue weighted by atomic mass is 10.1. The van der Waals surface area contributed by atoms with Gasteiger partial charge in [-0.3, -0.25) is 0 Å². The van der Waals surface area contributed by atoms with Crippen LogP contribution in [0.4, 0.5) is 17.1 Å². The summed E-state index contributed by atoms with van der Waals surface area (Å²) in [6.45, 7) is 11.0. The quantitative estimate of drug-likeness (QED) is 0.333. The van der Waals surface area contributed by atoms with E-state index >= 15 is 0 Å². The highest BCUT2D eigenvalue weighted by molar-refractivity contribution is 5.86. The first-order valence-corrected chi connectivity index (χ1v) is 9.18. The number of likely N-dealkylation sites (N-methyl/N-ethyl adjacent to an activating group) is 1. The molecule has 0 heterocycles. The molecule has 0 aromatic heterocycles. The largest absolute Gasteiger partial charge is 0.497 e. The van der Waals surface area contributed by atoms with Crippen LogP contribution in [0.3, 0.4) is 0 Å². The maximum atomic E-state index is 11.5. The lowest BCUT2D eigenvalue weighted by molar-refractivity contribution is -0.138. The maximum Gasteiger partial charge on any atom is 0.333 e. The lowest BCUT2D eigenvalue weighted by Crippen LogP contribution is -2.28. The van der Waals surface area contributed by atoms with Crippen LogP contribution in [-0.4, -0.2) is 32.8 Å². The number of hydrogen-bond acceptors (Lipinski definition) is 6. The Morgan fingerprint density at radius 3 is 2.43 bits per heavy atom. The minimum atomic E-state index is -0.360. The van der Waals surface area contributed by atoms with Crippen molar-refractivity contribution in [1.82, 2.24) is 0 Å². The number of carbonyl (C=O) groups is 1. The summed E-state index contributed by atoms with van der Waals surface area (Å²) in [5.74, 6) is 0.426. The van der Waals surface area contributed by atoms with E-state index in [2.05, 4.69) is 34.7 Å². The van der Waals surface area contributed by atoms with E-state index in [1.54, 1.807) is 14.0 Å². The Morgan fingerprint density at radius 2 is 1.86 bits per heavy atom. The standard InChI is InChI=1S/C22H27N3O3/c1-6-25(13-14-28-22(26)16(2)3)19-9-12-21(17(4)15-19)24-23-18-7-10-20(27-5)11-8-18/h7-12,15H,2,6,13-14H2,1,3-5H3. The average Bonchev–Trinajstić information content (AvgIpc) is 2.70. The minimum Gasteiger partial charge on any atom is -0.497 e. The third-order valence-corrected chi connectivity index (χ3v) is 4.22. The summed E-state index contributed by atoms with van der Waals surface area (Å²) < 4.78 is 10.3. The number of azo groups is 1. The SMILES string of the molecule is C=C(C)C(=O)OCCN(CC)c1ccc(N=Nc2ccc(OC)cc2)c(C)c1. The summed E-state index contributed by atoms with van der Waals surface area (Å²) in [4.78, 5) is 13.6. The van der Waals surface area contributed by atoms with E-state index in [9.17, 15) is 4.79 Å². The van der Waals surface area contributed by atoms with Gasteiger partial charge in [-0.1, -0.05) is 6.58 Å². The number of anilines is 1. The van der Waals surface area contributed by atoms with Gasteiger partial charge in [-0.05, 0) is 68.8 Å². The molecule has 0 aliphatic carbocycles. The Labute approximate surface area is 166 Å². The number of hydrogen-bond donors (Lipinski definition) is 0. The zero-order valence-electron chi connectivity index (χ0n) is 16.9. The Morgan fingerprint density at radius 1 is 1.14 bits per heavy atom. The van der Waals surface area contributed by atoms with Crippen LogP contribution in [0.15, 0.2) is 64.8 Å². The van der Waals surface area contributed by atoms with E-state index in [-0.39, 0.29) is 5.97 Å². The fourth-order valence-electron chi connectivity index (χ4n) is 2.55. The molecule has 0 bridgehead atoms. The Bertz CT molecular complexity index is 845. The van der Waals surface area contributed by atoms with Crippen molar-refractivity contribution in [3.63, 3.8) is 0 Å². The van der Waals surface area contributed by atoms with Crippen molar-refractivity contribution in [2.45, 2.75) is 20.8 Å². The van der Waals surface area contributed by atoms with Crippen molar-refractivity contribution in [3.8, 4) is 5.75 Å². The zero-order chi connectivity index (χ0) is 20.5. The smallest absolute Gasteiger partial charge is 0.333 e. The third-order valence-electron chi connectivity index (χ3n) is 4.22. The van der Waals surface area contributed by atoms with Crippen LogP contribution in [0.1, 0.15) is 19.4 Å². The number of esters is 1. The van der Waals surface area contributed by atoms with Crippen molar-refractivity contribution in [3.05, 3.63) is 60.2 Å². The summed E-state index contributed by atoms with van der Waals surface area (Å²) in [5.41, 5.74) is 4.05. The molecule has 0 unspecified atom stereocenters. The van der Waals surface area contributed by atoms with Crippen LogP contribution in [0.25, 0.3) is 0 Å². The Kier molecular flexibility index (Phi) is 7.75. The Balaban J connectivity index is 2.03. The number of rotatable bonds is 9. The molecule has 0 saturated carbocycles. The van der Waals surface area contributed by atoms with Gasteiger partial charge >= 0.3 is 5.97 Å². The van der Waals surface area contributed by atoms with Gasteiger partial charge in [0.25, 0.3) is 0 Å². The monoisotopic (exact) mass is 381 g/mol. The molecule has 6 nitrogen and oxygen atoms in total. The molecule has 2 aromatic rings. The first-order valence-electron chi connectivity index (χ1n) is 9.18. The minimum absolute atomic E-state index is 0.317. The van der Waals surface area contributed by atoms with Crippen LogP contribution in [0, 0.1) is 6.92 Å². The lowest BCUT2D eigenvalue weighted by Gasteiger charge is -2.23. The van der Waals surface area contributed by atoms with Gasteiger partial charge in [0.1, 0.15) is 12.4 Å². The summed E-state index contributed by atoms with van der Waals surface area (Å²) in [5, 5.41) is 8.63. The van der Waals surface area contributed by atoms with E-state index in [4.69, 9.17) is 9.47 Å². The topological polar surface area (TPSA) is 63.5 Å². The van der Waals surface area contributed by atoms with Gasteiger partial charge in [0.2, 0.25) is 0 Å². The van der Waals surface area contributed by atoms with Gasteiger partial charge in [-0.25, -0.2) is 4.79 Å². The molecule has 0 spiro atoms. The van der Waals surface area contributed by atoms with Crippen molar-refractivity contribution in [1.29, 1.82) is 0 Å². The fraction of sp³-hybridized carbons (Fsp3) is 0.318. The van der Waals surface area contributed by atoms with Crippen LogP contribution in [-0.2, 0) is 9.53 Å². The predicted octanol–water partition coefficient (Wildman–Crippen LogP) is 5.36. The summed E-state index contributed by atoms with van der Waals surface area (Å²) >= 11 is 0.